The van der Waals surface area contributed by atoms with Crippen molar-refractivity contribution in [1.29, 1.82) is 0 Å². The van der Waals surface area contributed by atoms with Crippen molar-refractivity contribution < 1.29 is 13.9 Å². The molecule has 24 heavy (non-hydrogen) atoms. The number of carbonyl (C=O) groups is 1. The van der Waals surface area contributed by atoms with Gasteiger partial charge in [0.1, 0.15) is 5.82 Å². The summed E-state index contributed by atoms with van der Waals surface area (Å²) in [5, 5.41) is 6.59. The Bertz CT molecular complexity index is 564. The number of halogens is 2. The zero-order valence-electron chi connectivity index (χ0n) is 14.0. The summed E-state index contributed by atoms with van der Waals surface area (Å²) in [6, 6.07) is 6.64. The second kappa shape index (κ2) is 8.28. The molecule has 0 aromatic heterocycles. The molecule has 0 aliphatic carbocycles. The van der Waals surface area contributed by atoms with Gasteiger partial charge in [-0.2, -0.15) is 0 Å². The Kier molecular flexibility index (Phi) is 6.61. The average Bonchev–Trinajstić information content (AvgIpc) is 2.57. The van der Waals surface area contributed by atoms with Gasteiger partial charge in [-0.15, -0.1) is 12.4 Å². The van der Waals surface area contributed by atoms with E-state index in [1.807, 2.05) is 6.07 Å². The number of rotatable bonds is 3. The highest BCUT2D eigenvalue weighted by molar-refractivity contribution is 5.88. The predicted octanol–water partition coefficient (Wildman–Crippen LogP) is 2.41. The molecule has 4 nitrogen and oxygen atoms in total. The molecule has 2 fully saturated rings. The fraction of sp³-hybridized carbons (Fsp3) is 0.611. The Morgan fingerprint density at radius 3 is 2.79 bits per heavy atom. The van der Waals surface area contributed by atoms with Crippen LogP contribution in [0.2, 0.25) is 0 Å². The van der Waals surface area contributed by atoms with Gasteiger partial charge < -0.3 is 15.4 Å². The fourth-order valence-electron chi connectivity index (χ4n) is 3.69. The largest absolute Gasteiger partial charge is 0.381 e. The number of nitrogens with one attached hydrogen (secondary N) is 2. The van der Waals surface area contributed by atoms with Gasteiger partial charge in [-0.1, -0.05) is 19.1 Å². The summed E-state index contributed by atoms with van der Waals surface area (Å²) in [6.07, 6.45) is 2.13. The first-order valence-corrected chi connectivity index (χ1v) is 8.47. The van der Waals surface area contributed by atoms with Gasteiger partial charge in [0.05, 0.1) is 5.41 Å². The molecule has 2 heterocycles. The maximum absolute atomic E-state index is 13.7. The van der Waals surface area contributed by atoms with E-state index in [1.165, 1.54) is 12.1 Å². The van der Waals surface area contributed by atoms with E-state index in [1.54, 1.807) is 6.07 Å². The number of hydrogen-bond donors (Lipinski definition) is 2. The minimum Gasteiger partial charge on any atom is -0.381 e. The van der Waals surface area contributed by atoms with Crippen molar-refractivity contribution in [2.75, 3.05) is 26.3 Å². The van der Waals surface area contributed by atoms with Gasteiger partial charge in [0, 0.05) is 19.3 Å². The Morgan fingerprint density at radius 2 is 2.12 bits per heavy atom. The van der Waals surface area contributed by atoms with Crippen molar-refractivity contribution in [3.05, 3.63) is 35.6 Å². The summed E-state index contributed by atoms with van der Waals surface area (Å²) >= 11 is 0. The average molecular weight is 357 g/mol. The van der Waals surface area contributed by atoms with Crippen LogP contribution in [0.15, 0.2) is 24.3 Å². The second-order valence-electron chi connectivity index (χ2n) is 6.75. The van der Waals surface area contributed by atoms with E-state index in [9.17, 15) is 9.18 Å². The highest BCUT2D eigenvalue weighted by Crippen LogP contribution is 2.36. The number of piperidine rings is 1. The Labute approximate surface area is 148 Å². The van der Waals surface area contributed by atoms with E-state index < -0.39 is 5.41 Å². The number of hydrogen-bond acceptors (Lipinski definition) is 3. The molecule has 1 aromatic carbocycles. The molecule has 6 heteroatoms. The first-order valence-electron chi connectivity index (χ1n) is 8.47. The minimum atomic E-state index is -0.676. The molecule has 0 bridgehead atoms. The summed E-state index contributed by atoms with van der Waals surface area (Å²) < 4.78 is 19.2. The summed E-state index contributed by atoms with van der Waals surface area (Å²) in [5.74, 6) is 0.124. The van der Waals surface area contributed by atoms with Crippen molar-refractivity contribution >= 4 is 18.3 Å². The summed E-state index contributed by atoms with van der Waals surface area (Å²) in [6.45, 7) is 5.06. The monoisotopic (exact) mass is 356 g/mol. The third-order valence-electron chi connectivity index (χ3n) is 5.26. The molecule has 3 rings (SSSR count). The zero-order valence-corrected chi connectivity index (χ0v) is 14.8. The SMILES string of the molecule is CC1CNCCC1NC(=O)C1(c2cccc(F)c2)CCOCC1.Cl. The molecule has 2 N–H and O–H groups in total. The lowest BCUT2D eigenvalue weighted by atomic mass is 9.73. The lowest BCUT2D eigenvalue weighted by Crippen LogP contribution is -2.55. The van der Waals surface area contributed by atoms with E-state index in [0.29, 0.717) is 32.0 Å². The molecule has 1 aromatic rings. The number of amides is 1. The molecular formula is C18H26ClFN2O2. The van der Waals surface area contributed by atoms with Gasteiger partial charge in [0.15, 0.2) is 0 Å². The highest BCUT2D eigenvalue weighted by atomic mass is 35.5. The first-order chi connectivity index (χ1) is 11.1. The molecular weight excluding hydrogens is 331 g/mol. The molecule has 2 atom stereocenters. The van der Waals surface area contributed by atoms with Crippen LogP contribution in [0.1, 0.15) is 31.7 Å². The van der Waals surface area contributed by atoms with Crippen molar-refractivity contribution in [1.82, 2.24) is 10.6 Å². The third-order valence-corrected chi connectivity index (χ3v) is 5.26. The Morgan fingerprint density at radius 1 is 1.38 bits per heavy atom. The first kappa shape index (κ1) is 19.2. The highest BCUT2D eigenvalue weighted by Gasteiger charge is 2.43. The van der Waals surface area contributed by atoms with E-state index >= 15 is 0 Å². The van der Waals surface area contributed by atoms with Crippen molar-refractivity contribution in [3.63, 3.8) is 0 Å². The van der Waals surface area contributed by atoms with Gasteiger partial charge in [-0.25, -0.2) is 4.39 Å². The summed E-state index contributed by atoms with van der Waals surface area (Å²) in [7, 11) is 0. The Balaban J connectivity index is 0.00000208. The van der Waals surface area contributed by atoms with E-state index in [4.69, 9.17) is 4.74 Å². The molecule has 0 radical (unpaired) electrons. The van der Waals surface area contributed by atoms with Gasteiger partial charge in [-0.3, -0.25) is 4.79 Å². The predicted molar refractivity (Wildman–Crippen MR) is 94.0 cm³/mol. The molecule has 2 aliphatic heterocycles. The maximum atomic E-state index is 13.7. The molecule has 134 valence electrons. The fourth-order valence-corrected chi connectivity index (χ4v) is 3.69. The maximum Gasteiger partial charge on any atom is 0.231 e. The molecule has 2 unspecified atom stereocenters. The van der Waals surface area contributed by atoms with Crippen LogP contribution in [0.3, 0.4) is 0 Å². The molecule has 2 saturated heterocycles. The van der Waals surface area contributed by atoms with E-state index in [-0.39, 0.29) is 30.2 Å². The lowest BCUT2D eigenvalue weighted by Gasteiger charge is -2.39. The number of carbonyl (C=O) groups excluding carboxylic acids is 1. The lowest BCUT2D eigenvalue weighted by molar-refractivity contribution is -0.131. The van der Waals surface area contributed by atoms with Gasteiger partial charge in [0.2, 0.25) is 5.91 Å². The molecule has 0 saturated carbocycles. The van der Waals surface area contributed by atoms with Crippen LogP contribution in [0.25, 0.3) is 0 Å². The second-order valence-corrected chi connectivity index (χ2v) is 6.75. The van der Waals surface area contributed by atoms with Crippen molar-refractivity contribution in [2.24, 2.45) is 5.92 Å². The molecule has 2 aliphatic rings. The van der Waals surface area contributed by atoms with Crippen LogP contribution in [-0.4, -0.2) is 38.3 Å². The molecule has 0 spiro atoms. The van der Waals surface area contributed by atoms with Gasteiger partial charge in [0.25, 0.3) is 0 Å². The van der Waals surface area contributed by atoms with Crippen molar-refractivity contribution in [3.8, 4) is 0 Å². The quantitative estimate of drug-likeness (QED) is 0.874. The third kappa shape index (κ3) is 3.90. The number of benzene rings is 1. The number of ether oxygens (including phenoxy) is 1. The van der Waals surface area contributed by atoms with E-state index in [0.717, 1.165) is 25.1 Å². The minimum absolute atomic E-state index is 0. The van der Waals surface area contributed by atoms with Gasteiger partial charge >= 0.3 is 0 Å². The zero-order chi connectivity index (χ0) is 16.3. The van der Waals surface area contributed by atoms with Crippen LogP contribution in [0.5, 0.6) is 0 Å². The smallest absolute Gasteiger partial charge is 0.231 e. The normalized spacial score (nSPS) is 26.2. The topological polar surface area (TPSA) is 50.4 Å². The van der Waals surface area contributed by atoms with E-state index in [2.05, 4.69) is 17.6 Å². The summed E-state index contributed by atoms with van der Waals surface area (Å²) in [4.78, 5) is 13.1. The standard InChI is InChI=1S/C18H25FN2O2.ClH/c1-13-12-20-8-5-16(13)21-17(22)18(6-9-23-10-7-18)14-3-2-4-15(19)11-14;/h2-4,11,13,16,20H,5-10,12H2,1H3,(H,21,22);1H. The summed E-state index contributed by atoms with van der Waals surface area (Å²) in [5.41, 5.74) is 0.0881. The van der Waals surface area contributed by atoms with Gasteiger partial charge in [-0.05, 0) is 56.0 Å². The Hall–Kier alpha value is -1.17. The van der Waals surface area contributed by atoms with Crippen LogP contribution in [0, 0.1) is 11.7 Å². The van der Waals surface area contributed by atoms with Crippen LogP contribution >= 0.6 is 12.4 Å². The van der Waals surface area contributed by atoms with Crippen LogP contribution < -0.4 is 10.6 Å². The molecule has 1 amide bonds. The van der Waals surface area contributed by atoms with Crippen molar-refractivity contribution in [2.45, 2.75) is 37.6 Å². The van der Waals surface area contributed by atoms with Crippen LogP contribution in [0.4, 0.5) is 4.39 Å². The van der Waals surface area contributed by atoms with Crippen LogP contribution in [-0.2, 0) is 14.9 Å².